The van der Waals surface area contributed by atoms with Gasteiger partial charge in [-0.15, -0.1) is 0 Å². The van der Waals surface area contributed by atoms with Crippen LogP contribution in [0.4, 0.5) is 0 Å². The number of rotatable bonds is 1. The molecule has 0 aromatic heterocycles. The van der Waals surface area contributed by atoms with E-state index in [0.29, 0.717) is 6.42 Å². The average molecular weight is 177 g/mol. The Morgan fingerprint density at radius 3 is 3.08 bits per heavy atom. The highest BCUT2D eigenvalue weighted by molar-refractivity contribution is 5.46. The highest BCUT2D eigenvalue weighted by Gasteiger charge is 2.24. The van der Waals surface area contributed by atoms with E-state index in [2.05, 4.69) is 10.2 Å². The van der Waals surface area contributed by atoms with Gasteiger partial charge in [0.1, 0.15) is 0 Å². The van der Waals surface area contributed by atoms with Crippen molar-refractivity contribution in [2.24, 2.45) is 10.2 Å². The second kappa shape index (κ2) is 2.62. The van der Waals surface area contributed by atoms with Gasteiger partial charge in [-0.1, -0.05) is 0 Å². The zero-order valence-electron chi connectivity index (χ0n) is 7.02. The molecule has 1 aliphatic carbocycles. The maximum atomic E-state index is 10.5. The quantitative estimate of drug-likeness (QED) is 0.455. The van der Waals surface area contributed by atoms with E-state index in [1.807, 2.05) is 0 Å². The van der Waals surface area contributed by atoms with Crippen LogP contribution >= 0.6 is 0 Å². The van der Waals surface area contributed by atoms with Crippen LogP contribution in [0.3, 0.4) is 0 Å². The Morgan fingerprint density at radius 1 is 1.62 bits per heavy atom. The third-order valence-electron chi connectivity index (χ3n) is 2.04. The molecule has 1 aliphatic heterocycles. The molecule has 0 fully saturated rings. The molecule has 5 nitrogen and oxygen atoms in total. The number of azo groups is 1. The first-order valence-corrected chi connectivity index (χ1v) is 3.84. The molecule has 2 aliphatic rings. The van der Waals surface area contributed by atoms with E-state index in [1.165, 1.54) is 0 Å². The number of hydrogen-bond donors (Lipinski definition) is 0. The van der Waals surface area contributed by atoms with Gasteiger partial charge >= 0.3 is 0 Å². The highest BCUT2D eigenvalue weighted by atomic mass is 16.6. The van der Waals surface area contributed by atoms with E-state index in [0.717, 1.165) is 16.8 Å². The number of allylic oxidation sites excluding steroid dienone is 4. The SMILES string of the molecule is CC1=C2N=NC=C2CC([N+](=O)[O-])=C1. The minimum absolute atomic E-state index is 0.208. The maximum absolute atomic E-state index is 10.5. The molecule has 66 valence electrons. The summed E-state index contributed by atoms with van der Waals surface area (Å²) >= 11 is 0. The lowest BCUT2D eigenvalue weighted by Gasteiger charge is -2.08. The highest BCUT2D eigenvalue weighted by Crippen LogP contribution is 2.33. The summed E-state index contributed by atoms with van der Waals surface area (Å²) in [5, 5.41) is 18.1. The van der Waals surface area contributed by atoms with Crippen LogP contribution in [0.1, 0.15) is 13.3 Å². The lowest BCUT2D eigenvalue weighted by atomic mass is 9.98. The lowest BCUT2D eigenvalue weighted by Crippen LogP contribution is -2.05. The molecule has 5 heteroatoms. The fourth-order valence-electron chi connectivity index (χ4n) is 1.42. The standard InChI is InChI=1S/C8H7N3O2/c1-5-2-7(11(12)13)3-6-4-9-10-8(5)6/h2,4H,3H2,1H3. The molecular weight excluding hydrogens is 170 g/mol. The van der Waals surface area contributed by atoms with Crippen LogP contribution in [-0.2, 0) is 0 Å². The molecule has 0 N–H and O–H groups in total. The van der Waals surface area contributed by atoms with Crippen molar-refractivity contribution in [1.29, 1.82) is 0 Å². The van der Waals surface area contributed by atoms with E-state index in [1.54, 1.807) is 19.2 Å². The molecule has 0 amide bonds. The van der Waals surface area contributed by atoms with Gasteiger partial charge < -0.3 is 0 Å². The average Bonchev–Trinajstić information content (AvgIpc) is 2.51. The van der Waals surface area contributed by atoms with Gasteiger partial charge in [0.25, 0.3) is 5.70 Å². The molecule has 0 atom stereocenters. The van der Waals surface area contributed by atoms with Gasteiger partial charge in [-0.25, -0.2) is 0 Å². The van der Waals surface area contributed by atoms with Crippen LogP contribution in [0.5, 0.6) is 0 Å². The Labute approximate surface area is 74.3 Å². The summed E-state index contributed by atoms with van der Waals surface area (Å²) in [4.78, 5) is 10.2. The van der Waals surface area contributed by atoms with E-state index >= 15 is 0 Å². The minimum Gasteiger partial charge on any atom is -0.259 e. The summed E-state index contributed by atoms with van der Waals surface area (Å²) in [5.74, 6) is 0. The second-order valence-corrected chi connectivity index (χ2v) is 2.97. The molecule has 0 unspecified atom stereocenters. The summed E-state index contributed by atoms with van der Waals surface area (Å²) in [6, 6.07) is 0. The molecule has 0 aromatic carbocycles. The van der Waals surface area contributed by atoms with Crippen LogP contribution in [0.25, 0.3) is 0 Å². The van der Waals surface area contributed by atoms with Gasteiger partial charge in [0.2, 0.25) is 0 Å². The molecule has 13 heavy (non-hydrogen) atoms. The van der Waals surface area contributed by atoms with Crippen molar-refractivity contribution in [3.63, 3.8) is 0 Å². The fraction of sp³-hybridized carbons (Fsp3) is 0.250. The Bertz CT molecular complexity index is 402. The molecule has 1 heterocycles. The van der Waals surface area contributed by atoms with Crippen LogP contribution in [-0.4, -0.2) is 4.92 Å². The van der Waals surface area contributed by atoms with Gasteiger partial charge in [-0.3, -0.25) is 10.1 Å². The van der Waals surface area contributed by atoms with Crippen LogP contribution in [0, 0.1) is 10.1 Å². The Balaban J connectivity index is 2.45. The topological polar surface area (TPSA) is 67.9 Å². The first-order valence-electron chi connectivity index (χ1n) is 3.84. The first kappa shape index (κ1) is 7.85. The number of nitrogens with zero attached hydrogens (tertiary/aromatic N) is 3. The van der Waals surface area contributed by atoms with Crippen molar-refractivity contribution in [1.82, 2.24) is 0 Å². The van der Waals surface area contributed by atoms with Gasteiger partial charge in [-0.2, -0.15) is 10.2 Å². The van der Waals surface area contributed by atoms with Crippen LogP contribution in [0.15, 0.2) is 45.0 Å². The second-order valence-electron chi connectivity index (χ2n) is 2.97. The van der Waals surface area contributed by atoms with Gasteiger partial charge in [0, 0.05) is 11.6 Å². The number of nitro groups is 1. The molecule has 0 radical (unpaired) electrons. The van der Waals surface area contributed by atoms with Crippen LogP contribution < -0.4 is 0 Å². The first-order chi connectivity index (χ1) is 6.18. The Morgan fingerprint density at radius 2 is 2.38 bits per heavy atom. The molecular formula is C8H7N3O2. The Hall–Kier alpha value is -1.78. The summed E-state index contributed by atoms with van der Waals surface area (Å²) in [6.07, 6.45) is 3.46. The summed E-state index contributed by atoms with van der Waals surface area (Å²) in [7, 11) is 0. The summed E-state index contributed by atoms with van der Waals surface area (Å²) in [5.41, 5.74) is 2.64. The number of fused-ring (bicyclic) bond motifs is 1. The van der Waals surface area contributed by atoms with E-state index in [4.69, 9.17) is 0 Å². The van der Waals surface area contributed by atoms with Crippen molar-refractivity contribution in [3.8, 4) is 0 Å². The molecule has 0 spiro atoms. The predicted octanol–water partition coefficient (Wildman–Crippen LogP) is 2.17. The zero-order chi connectivity index (χ0) is 9.42. The van der Waals surface area contributed by atoms with Crippen molar-refractivity contribution >= 4 is 0 Å². The molecule has 0 aromatic rings. The Kier molecular flexibility index (Phi) is 1.58. The maximum Gasteiger partial charge on any atom is 0.251 e. The zero-order valence-corrected chi connectivity index (χ0v) is 7.02. The minimum atomic E-state index is -0.362. The normalized spacial score (nSPS) is 19.8. The molecule has 0 bridgehead atoms. The fourth-order valence-corrected chi connectivity index (χ4v) is 1.42. The third kappa shape index (κ3) is 1.18. The number of hydrogen-bond acceptors (Lipinski definition) is 4. The van der Waals surface area contributed by atoms with E-state index in [-0.39, 0.29) is 10.6 Å². The smallest absolute Gasteiger partial charge is 0.251 e. The third-order valence-corrected chi connectivity index (χ3v) is 2.04. The molecule has 0 saturated heterocycles. The van der Waals surface area contributed by atoms with Crippen molar-refractivity contribution in [2.75, 3.05) is 0 Å². The van der Waals surface area contributed by atoms with Gasteiger partial charge in [0.15, 0.2) is 0 Å². The largest absolute Gasteiger partial charge is 0.259 e. The summed E-state index contributed by atoms with van der Waals surface area (Å²) < 4.78 is 0. The summed E-state index contributed by atoms with van der Waals surface area (Å²) in [6.45, 7) is 1.80. The van der Waals surface area contributed by atoms with E-state index < -0.39 is 0 Å². The predicted molar refractivity (Wildman–Crippen MR) is 45.3 cm³/mol. The van der Waals surface area contributed by atoms with Crippen molar-refractivity contribution in [2.45, 2.75) is 13.3 Å². The molecule has 0 saturated carbocycles. The lowest BCUT2D eigenvalue weighted by molar-refractivity contribution is -0.427. The van der Waals surface area contributed by atoms with E-state index in [9.17, 15) is 10.1 Å². The van der Waals surface area contributed by atoms with Crippen molar-refractivity contribution < 1.29 is 4.92 Å². The van der Waals surface area contributed by atoms with Gasteiger partial charge in [0.05, 0.1) is 23.2 Å². The van der Waals surface area contributed by atoms with Crippen molar-refractivity contribution in [3.05, 3.63) is 44.9 Å². The molecule has 2 rings (SSSR count). The van der Waals surface area contributed by atoms with Crippen LogP contribution in [0.2, 0.25) is 0 Å². The van der Waals surface area contributed by atoms with Gasteiger partial charge in [-0.05, 0) is 12.5 Å². The monoisotopic (exact) mass is 177 g/mol.